The van der Waals surface area contributed by atoms with Crippen LogP contribution in [-0.4, -0.2) is 9.13 Å². The molecule has 0 saturated carbocycles. The predicted molar refractivity (Wildman–Crippen MR) is 157 cm³/mol. The van der Waals surface area contributed by atoms with Gasteiger partial charge in [0.1, 0.15) is 12.1 Å². The first-order valence-corrected chi connectivity index (χ1v) is 12.5. The van der Waals surface area contributed by atoms with Crippen LogP contribution >= 0.6 is 0 Å². The Hall–Kier alpha value is -5.83. The second kappa shape index (κ2) is 9.24. The van der Waals surface area contributed by atoms with E-state index in [1.807, 2.05) is 66.1 Å². The third-order valence-electron chi connectivity index (χ3n) is 7.09. The molecule has 0 saturated heterocycles. The fourth-order valence-electron chi connectivity index (χ4n) is 5.62. The van der Waals surface area contributed by atoms with Gasteiger partial charge in [-0.3, -0.25) is 0 Å². The second-order valence-electron chi connectivity index (χ2n) is 9.14. The van der Waals surface area contributed by atoms with Crippen LogP contribution in [0.5, 0.6) is 0 Å². The molecular weight excluding hydrogens is 478 g/mol. The Balaban J connectivity index is 1.87. The van der Waals surface area contributed by atoms with Gasteiger partial charge in [-0.05, 0) is 55.5 Å². The normalized spacial score (nSPS) is 11.1. The van der Waals surface area contributed by atoms with Crippen molar-refractivity contribution in [1.29, 1.82) is 15.8 Å². The molecule has 6 aromatic rings. The highest BCUT2D eigenvalue weighted by atomic mass is 15.0. The van der Waals surface area contributed by atoms with Gasteiger partial charge in [0, 0.05) is 27.4 Å². The zero-order valence-electron chi connectivity index (χ0n) is 21.2. The summed E-state index contributed by atoms with van der Waals surface area (Å²) in [7, 11) is 0. The summed E-state index contributed by atoms with van der Waals surface area (Å²) in [6.07, 6.45) is 6.01. The van der Waals surface area contributed by atoms with E-state index in [1.54, 1.807) is 12.1 Å². The zero-order chi connectivity index (χ0) is 27.1. The standard InChI is InChI=1S/C34H21N5/c1-3-10-28-26(4-2)32-30(38(28)25-11-6-5-7-12-25)15-16-31-33(32)27-13-8-9-14-29(27)39(31)34-23(20-36)17-22(19-35)18-24(34)21-37/h3-18H,2H2,1H3/b10-3-. The molecule has 182 valence electrons. The van der Waals surface area contributed by atoms with Crippen LogP contribution in [0.15, 0.2) is 91.5 Å². The zero-order valence-corrected chi connectivity index (χ0v) is 21.2. The minimum Gasteiger partial charge on any atom is -0.309 e. The molecule has 0 fully saturated rings. The number of hydrogen-bond donors (Lipinski definition) is 0. The summed E-state index contributed by atoms with van der Waals surface area (Å²) >= 11 is 0. The molecule has 0 N–H and O–H groups in total. The van der Waals surface area contributed by atoms with Crippen LogP contribution in [0.4, 0.5) is 0 Å². The first-order chi connectivity index (χ1) is 19.2. The lowest BCUT2D eigenvalue weighted by atomic mass is 10.0. The van der Waals surface area contributed by atoms with E-state index < -0.39 is 0 Å². The average molecular weight is 500 g/mol. The molecule has 2 heterocycles. The van der Waals surface area contributed by atoms with E-state index in [-0.39, 0.29) is 16.7 Å². The van der Waals surface area contributed by atoms with Crippen molar-refractivity contribution in [2.24, 2.45) is 0 Å². The molecule has 0 aliphatic carbocycles. The molecule has 0 unspecified atom stereocenters. The van der Waals surface area contributed by atoms with Gasteiger partial charge in [0.2, 0.25) is 0 Å². The number of nitrogens with zero attached hydrogens (tertiary/aromatic N) is 5. The lowest BCUT2D eigenvalue weighted by Gasteiger charge is -2.12. The Morgan fingerprint density at radius 3 is 1.97 bits per heavy atom. The maximum atomic E-state index is 10.1. The van der Waals surface area contributed by atoms with Crippen LogP contribution in [0.3, 0.4) is 0 Å². The number of hydrogen-bond acceptors (Lipinski definition) is 3. The van der Waals surface area contributed by atoms with E-state index in [1.165, 1.54) is 0 Å². The first-order valence-electron chi connectivity index (χ1n) is 12.5. The maximum absolute atomic E-state index is 10.1. The number of aromatic nitrogens is 2. The number of benzene rings is 4. The van der Waals surface area contributed by atoms with Crippen molar-refractivity contribution < 1.29 is 0 Å². The van der Waals surface area contributed by atoms with Gasteiger partial charge in [0.15, 0.2) is 0 Å². The molecule has 0 bridgehead atoms. The summed E-state index contributed by atoms with van der Waals surface area (Å²) in [5.41, 5.74) is 7.11. The summed E-state index contributed by atoms with van der Waals surface area (Å²) in [6, 6.07) is 32.0. The molecule has 0 aliphatic heterocycles. The number of fused-ring (bicyclic) bond motifs is 5. The monoisotopic (exact) mass is 499 g/mol. The van der Waals surface area contributed by atoms with E-state index >= 15 is 0 Å². The second-order valence-corrected chi connectivity index (χ2v) is 9.14. The summed E-state index contributed by atoms with van der Waals surface area (Å²) in [5, 5.41) is 32.7. The Labute approximate surface area is 225 Å². The molecule has 0 spiro atoms. The van der Waals surface area contributed by atoms with Crippen LogP contribution in [-0.2, 0) is 0 Å². The van der Waals surface area contributed by atoms with Gasteiger partial charge in [-0.2, -0.15) is 15.8 Å². The minimum atomic E-state index is 0.272. The molecule has 5 nitrogen and oxygen atoms in total. The summed E-state index contributed by atoms with van der Waals surface area (Å²) in [6.45, 7) is 6.18. The number of rotatable bonds is 4. The highest BCUT2D eigenvalue weighted by molar-refractivity contribution is 6.24. The summed E-state index contributed by atoms with van der Waals surface area (Å²) in [4.78, 5) is 0. The van der Waals surface area contributed by atoms with Crippen LogP contribution in [0, 0.1) is 34.0 Å². The van der Waals surface area contributed by atoms with E-state index in [0.29, 0.717) is 5.69 Å². The average Bonchev–Trinajstić information content (AvgIpc) is 3.48. The Kier molecular flexibility index (Phi) is 5.58. The number of para-hydroxylation sites is 2. The van der Waals surface area contributed by atoms with Gasteiger partial charge in [0.05, 0.1) is 50.7 Å². The summed E-state index contributed by atoms with van der Waals surface area (Å²) in [5.74, 6) is 0. The van der Waals surface area contributed by atoms with E-state index in [0.717, 1.165) is 49.7 Å². The fourth-order valence-corrected chi connectivity index (χ4v) is 5.62. The number of allylic oxidation sites excluding steroid dienone is 1. The van der Waals surface area contributed by atoms with Gasteiger partial charge in [-0.15, -0.1) is 0 Å². The quantitative estimate of drug-likeness (QED) is 0.246. The maximum Gasteiger partial charge on any atom is 0.101 e. The van der Waals surface area contributed by atoms with Crippen molar-refractivity contribution in [3.8, 4) is 29.6 Å². The first kappa shape index (κ1) is 23.6. The molecule has 2 aromatic heterocycles. The van der Waals surface area contributed by atoms with Gasteiger partial charge >= 0.3 is 0 Å². The van der Waals surface area contributed by atoms with Crippen LogP contribution in [0.1, 0.15) is 34.9 Å². The topological polar surface area (TPSA) is 81.2 Å². The Bertz CT molecular complexity index is 2080. The molecule has 0 atom stereocenters. The van der Waals surface area contributed by atoms with Crippen LogP contribution in [0.25, 0.3) is 56.2 Å². The molecule has 39 heavy (non-hydrogen) atoms. The van der Waals surface area contributed by atoms with Gasteiger partial charge < -0.3 is 9.13 Å². The molecular formula is C34H21N5. The van der Waals surface area contributed by atoms with Crippen molar-refractivity contribution >= 4 is 44.9 Å². The molecule has 4 aromatic carbocycles. The van der Waals surface area contributed by atoms with Crippen LogP contribution in [0.2, 0.25) is 0 Å². The van der Waals surface area contributed by atoms with Crippen molar-refractivity contribution in [3.63, 3.8) is 0 Å². The molecule has 5 heteroatoms. The number of nitriles is 3. The molecule has 6 rings (SSSR count). The smallest absolute Gasteiger partial charge is 0.101 e. The lowest BCUT2D eigenvalue weighted by molar-refractivity contribution is 1.10. The largest absolute Gasteiger partial charge is 0.309 e. The van der Waals surface area contributed by atoms with Crippen molar-refractivity contribution in [2.75, 3.05) is 0 Å². The molecule has 0 amide bonds. The van der Waals surface area contributed by atoms with E-state index in [9.17, 15) is 15.8 Å². The van der Waals surface area contributed by atoms with Crippen molar-refractivity contribution in [2.45, 2.75) is 6.92 Å². The summed E-state index contributed by atoms with van der Waals surface area (Å²) < 4.78 is 4.21. The fraction of sp³-hybridized carbons (Fsp3) is 0.0294. The van der Waals surface area contributed by atoms with Gasteiger partial charge in [-0.1, -0.05) is 55.1 Å². The highest BCUT2D eigenvalue weighted by Gasteiger charge is 2.24. The minimum absolute atomic E-state index is 0.272. The third kappa shape index (κ3) is 3.37. The molecule has 0 aliphatic rings. The van der Waals surface area contributed by atoms with Gasteiger partial charge in [-0.25, -0.2) is 0 Å². The van der Waals surface area contributed by atoms with E-state index in [4.69, 9.17) is 0 Å². The highest BCUT2D eigenvalue weighted by Crippen LogP contribution is 2.42. The van der Waals surface area contributed by atoms with Crippen molar-refractivity contribution in [1.82, 2.24) is 9.13 Å². The van der Waals surface area contributed by atoms with Crippen LogP contribution < -0.4 is 0 Å². The predicted octanol–water partition coefficient (Wildman–Crippen LogP) is 8.02. The van der Waals surface area contributed by atoms with Crippen molar-refractivity contribution in [3.05, 3.63) is 119 Å². The lowest BCUT2D eigenvalue weighted by Crippen LogP contribution is -2.02. The third-order valence-corrected chi connectivity index (χ3v) is 7.09. The Morgan fingerprint density at radius 2 is 1.36 bits per heavy atom. The van der Waals surface area contributed by atoms with E-state index in [2.05, 4.69) is 59.7 Å². The molecule has 0 radical (unpaired) electrons. The van der Waals surface area contributed by atoms with Gasteiger partial charge in [0.25, 0.3) is 0 Å². The SMILES string of the molecule is C=Cc1c(/C=C\C)n(-c2ccccc2)c2ccc3c(c4ccccc4n3-c3c(C#N)cc(C#N)cc3C#N)c12. The Morgan fingerprint density at radius 1 is 0.718 bits per heavy atom.